The van der Waals surface area contributed by atoms with Crippen molar-refractivity contribution in [3.8, 4) is 11.3 Å². The number of nitrogens with one attached hydrogen (secondary N) is 2. The molecule has 0 bridgehead atoms. The van der Waals surface area contributed by atoms with E-state index >= 15 is 0 Å². The molecule has 0 unspecified atom stereocenters. The molecular formula is C16H21N3O. The fourth-order valence-corrected chi connectivity index (χ4v) is 2.24. The zero-order valence-electron chi connectivity index (χ0n) is 12.2. The van der Waals surface area contributed by atoms with Crippen molar-refractivity contribution in [2.75, 3.05) is 5.32 Å². The van der Waals surface area contributed by atoms with E-state index in [1.54, 1.807) is 6.20 Å². The van der Waals surface area contributed by atoms with Crippen LogP contribution in [0, 0.1) is 12.8 Å². The van der Waals surface area contributed by atoms with Gasteiger partial charge >= 0.3 is 0 Å². The predicted octanol–water partition coefficient (Wildman–Crippen LogP) is 3.76. The Kier molecular flexibility index (Phi) is 4.56. The van der Waals surface area contributed by atoms with E-state index in [-0.39, 0.29) is 11.8 Å². The van der Waals surface area contributed by atoms with Crippen LogP contribution in [0.5, 0.6) is 0 Å². The Bertz CT molecular complexity index is 585. The first-order chi connectivity index (χ1) is 9.63. The quantitative estimate of drug-likeness (QED) is 0.870. The van der Waals surface area contributed by atoms with E-state index in [4.69, 9.17) is 0 Å². The number of carbonyl (C=O) groups excluding carboxylic acids is 1. The van der Waals surface area contributed by atoms with Crippen LogP contribution in [0.3, 0.4) is 0 Å². The number of anilines is 1. The minimum Gasteiger partial charge on any atom is -0.342 e. The van der Waals surface area contributed by atoms with Gasteiger partial charge in [0.15, 0.2) is 0 Å². The van der Waals surface area contributed by atoms with E-state index in [1.165, 1.54) is 0 Å². The zero-order valence-corrected chi connectivity index (χ0v) is 12.2. The van der Waals surface area contributed by atoms with Crippen molar-refractivity contribution in [1.82, 2.24) is 9.97 Å². The molecule has 0 radical (unpaired) electrons. The number of aromatic nitrogens is 2. The van der Waals surface area contributed by atoms with Crippen LogP contribution in [0.4, 0.5) is 5.69 Å². The van der Waals surface area contributed by atoms with Crippen LogP contribution in [0.2, 0.25) is 0 Å². The second kappa shape index (κ2) is 6.37. The van der Waals surface area contributed by atoms with Crippen LogP contribution >= 0.6 is 0 Å². The van der Waals surface area contributed by atoms with Crippen LogP contribution in [0.1, 0.15) is 32.5 Å². The Morgan fingerprint density at radius 3 is 2.70 bits per heavy atom. The number of benzene rings is 1. The van der Waals surface area contributed by atoms with Gasteiger partial charge in [0.1, 0.15) is 5.82 Å². The second-order valence-electron chi connectivity index (χ2n) is 4.97. The highest BCUT2D eigenvalue weighted by Gasteiger charge is 2.14. The Morgan fingerprint density at radius 2 is 2.10 bits per heavy atom. The lowest BCUT2D eigenvalue weighted by molar-refractivity contribution is -0.120. The summed E-state index contributed by atoms with van der Waals surface area (Å²) in [6.45, 7) is 6.00. The third-order valence-electron chi connectivity index (χ3n) is 3.50. The number of carbonyl (C=O) groups is 1. The number of imidazole rings is 1. The molecule has 2 N–H and O–H groups in total. The molecule has 0 aliphatic heterocycles. The molecule has 0 atom stereocenters. The summed E-state index contributed by atoms with van der Waals surface area (Å²) in [7, 11) is 0. The van der Waals surface area contributed by atoms with Gasteiger partial charge in [-0.3, -0.25) is 4.79 Å². The standard InChI is InChI=1S/C16H21N3O/c1-4-12(5-2)16(20)19-14-8-6-7-13(9-14)15-10-17-11(3)18-15/h6-10,12H,4-5H2,1-3H3,(H,17,18)(H,19,20). The monoisotopic (exact) mass is 271 g/mol. The molecule has 0 aliphatic carbocycles. The number of nitrogens with zero attached hydrogens (tertiary/aromatic N) is 1. The molecule has 1 aromatic heterocycles. The number of hydrogen-bond acceptors (Lipinski definition) is 2. The van der Waals surface area contributed by atoms with Gasteiger partial charge in [0.05, 0.1) is 11.9 Å². The summed E-state index contributed by atoms with van der Waals surface area (Å²) < 4.78 is 0. The number of hydrogen-bond donors (Lipinski definition) is 2. The minimum absolute atomic E-state index is 0.0769. The number of amides is 1. The maximum atomic E-state index is 12.1. The van der Waals surface area contributed by atoms with E-state index in [9.17, 15) is 4.79 Å². The molecule has 4 heteroatoms. The first-order valence-electron chi connectivity index (χ1n) is 7.07. The summed E-state index contributed by atoms with van der Waals surface area (Å²) in [5.41, 5.74) is 2.81. The first-order valence-corrected chi connectivity index (χ1v) is 7.07. The van der Waals surface area contributed by atoms with Gasteiger partial charge in [-0.1, -0.05) is 26.0 Å². The van der Waals surface area contributed by atoms with Crippen molar-refractivity contribution < 1.29 is 4.79 Å². The summed E-state index contributed by atoms with van der Waals surface area (Å²) in [5.74, 6) is 1.05. The smallest absolute Gasteiger partial charge is 0.227 e. The molecule has 1 aromatic carbocycles. The van der Waals surface area contributed by atoms with Crippen molar-refractivity contribution in [3.63, 3.8) is 0 Å². The van der Waals surface area contributed by atoms with Crippen LogP contribution in [0.25, 0.3) is 11.3 Å². The molecule has 0 saturated heterocycles. The van der Waals surface area contributed by atoms with E-state index < -0.39 is 0 Å². The van der Waals surface area contributed by atoms with Gasteiger partial charge in [-0.25, -0.2) is 4.98 Å². The molecule has 0 saturated carbocycles. The molecule has 4 nitrogen and oxygen atoms in total. The third kappa shape index (κ3) is 3.26. The highest BCUT2D eigenvalue weighted by molar-refractivity contribution is 5.93. The lowest BCUT2D eigenvalue weighted by Gasteiger charge is -2.13. The molecule has 20 heavy (non-hydrogen) atoms. The first kappa shape index (κ1) is 14.3. The summed E-state index contributed by atoms with van der Waals surface area (Å²) >= 11 is 0. The van der Waals surface area contributed by atoms with Gasteiger partial charge in [-0.15, -0.1) is 0 Å². The van der Waals surface area contributed by atoms with Crippen LogP contribution in [-0.4, -0.2) is 15.9 Å². The predicted molar refractivity (Wildman–Crippen MR) is 81.5 cm³/mol. The van der Waals surface area contributed by atoms with Crippen molar-refractivity contribution in [2.45, 2.75) is 33.6 Å². The maximum absolute atomic E-state index is 12.1. The summed E-state index contributed by atoms with van der Waals surface area (Å²) in [4.78, 5) is 19.5. The van der Waals surface area contributed by atoms with Crippen molar-refractivity contribution >= 4 is 11.6 Å². The van der Waals surface area contributed by atoms with Crippen LogP contribution in [-0.2, 0) is 4.79 Å². The van der Waals surface area contributed by atoms with Gasteiger partial charge in [0, 0.05) is 17.2 Å². The fraction of sp³-hybridized carbons (Fsp3) is 0.375. The third-order valence-corrected chi connectivity index (χ3v) is 3.50. The highest BCUT2D eigenvalue weighted by Crippen LogP contribution is 2.22. The van der Waals surface area contributed by atoms with Crippen LogP contribution < -0.4 is 5.32 Å². The molecule has 2 aromatic rings. The number of rotatable bonds is 5. The Morgan fingerprint density at radius 1 is 1.35 bits per heavy atom. The fourth-order valence-electron chi connectivity index (χ4n) is 2.24. The van der Waals surface area contributed by atoms with E-state index in [0.717, 1.165) is 35.6 Å². The molecule has 1 amide bonds. The normalized spacial score (nSPS) is 10.8. The number of H-pyrrole nitrogens is 1. The number of aryl methyl sites for hydroxylation is 1. The van der Waals surface area contributed by atoms with E-state index in [2.05, 4.69) is 15.3 Å². The molecule has 0 spiro atoms. The average Bonchev–Trinajstić information content (AvgIpc) is 2.87. The molecule has 1 heterocycles. The van der Waals surface area contributed by atoms with Crippen LogP contribution in [0.15, 0.2) is 30.5 Å². The maximum Gasteiger partial charge on any atom is 0.227 e. The van der Waals surface area contributed by atoms with Gasteiger partial charge in [0.25, 0.3) is 0 Å². The van der Waals surface area contributed by atoms with E-state index in [1.807, 2.05) is 45.0 Å². The lowest BCUT2D eigenvalue weighted by Crippen LogP contribution is -2.21. The average molecular weight is 271 g/mol. The Hall–Kier alpha value is -2.10. The summed E-state index contributed by atoms with van der Waals surface area (Å²) in [6.07, 6.45) is 3.53. The van der Waals surface area contributed by atoms with Gasteiger partial charge in [-0.2, -0.15) is 0 Å². The van der Waals surface area contributed by atoms with Crippen molar-refractivity contribution in [2.24, 2.45) is 5.92 Å². The van der Waals surface area contributed by atoms with Crippen molar-refractivity contribution in [1.29, 1.82) is 0 Å². The zero-order chi connectivity index (χ0) is 14.5. The highest BCUT2D eigenvalue weighted by atomic mass is 16.1. The molecule has 2 rings (SSSR count). The minimum atomic E-state index is 0.0769. The van der Waals surface area contributed by atoms with Gasteiger partial charge in [0.2, 0.25) is 5.91 Å². The summed E-state index contributed by atoms with van der Waals surface area (Å²) in [6, 6.07) is 7.81. The van der Waals surface area contributed by atoms with Crippen molar-refractivity contribution in [3.05, 3.63) is 36.3 Å². The molecular weight excluding hydrogens is 250 g/mol. The molecule has 106 valence electrons. The lowest BCUT2D eigenvalue weighted by atomic mass is 10.0. The SMILES string of the molecule is CCC(CC)C(=O)Nc1cccc(-c2cnc(C)[nH]2)c1. The summed E-state index contributed by atoms with van der Waals surface area (Å²) in [5, 5.41) is 2.99. The molecule has 0 aliphatic rings. The van der Waals surface area contributed by atoms with Gasteiger partial charge < -0.3 is 10.3 Å². The van der Waals surface area contributed by atoms with Gasteiger partial charge in [-0.05, 0) is 31.9 Å². The Balaban J connectivity index is 2.16. The largest absolute Gasteiger partial charge is 0.342 e. The topological polar surface area (TPSA) is 57.8 Å². The molecule has 0 fully saturated rings. The Labute approximate surface area is 119 Å². The number of aromatic amines is 1. The van der Waals surface area contributed by atoms with E-state index in [0.29, 0.717) is 0 Å². The second-order valence-corrected chi connectivity index (χ2v) is 4.97.